The Morgan fingerprint density at radius 1 is 1.47 bits per heavy atom. The van der Waals surface area contributed by atoms with Gasteiger partial charge in [0, 0.05) is 34.8 Å². The van der Waals surface area contributed by atoms with Crippen molar-refractivity contribution in [2.45, 2.75) is 24.1 Å². The van der Waals surface area contributed by atoms with Crippen LogP contribution in [0.3, 0.4) is 0 Å². The summed E-state index contributed by atoms with van der Waals surface area (Å²) in [5, 5.41) is 0. The highest BCUT2D eigenvalue weighted by Gasteiger charge is 2.05. The summed E-state index contributed by atoms with van der Waals surface area (Å²) in [7, 11) is 0. The molecule has 0 saturated heterocycles. The van der Waals surface area contributed by atoms with Crippen molar-refractivity contribution in [2.24, 2.45) is 0 Å². The van der Waals surface area contributed by atoms with Gasteiger partial charge in [-0.05, 0) is 25.1 Å². The fourth-order valence-corrected chi connectivity index (χ4v) is 2.49. The first-order valence-corrected chi connectivity index (χ1v) is 6.36. The van der Waals surface area contributed by atoms with E-state index >= 15 is 0 Å². The van der Waals surface area contributed by atoms with Gasteiger partial charge < -0.3 is 10.3 Å². The number of hydrogen-bond acceptors (Lipinski definition) is 3. The van der Waals surface area contributed by atoms with Crippen molar-refractivity contribution in [1.82, 2.24) is 9.55 Å². The van der Waals surface area contributed by atoms with Crippen molar-refractivity contribution in [3.8, 4) is 0 Å². The molecule has 0 spiro atoms. The molecule has 2 aromatic rings. The summed E-state index contributed by atoms with van der Waals surface area (Å²) in [5.41, 5.74) is 7.37. The quantitative estimate of drug-likeness (QED) is 0.671. The van der Waals surface area contributed by atoms with E-state index in [0.717, 1.165) is 22.9 Å². The number of nitrogens with zero attached hydrogens (tertiary/aromatic N) is 2. The summed E-state index contributed by atoms with van der Waals surface area (Å²) in [6, 6.07) is 4.48. The van der Waals surface area contributed by atoms with Crippen molar-refractivity contribution < 1.29 is 4.39 Å². The Labute approximate surface area is 104 Å². The second kappa shape index (κ2) is 5.23. The average Bonchev–Trinajstić information content (AvgIpc) is 2.75. The van der Waals surface area contributed by atoms with Crippen LogP contribution in [0.25, 0.3) is 0 Å². The molecule has 0 aliphatic heterocycles. The SMILES string of the molecule is CCn1cncc1CSc1ccc(F)cc1N. The third kappa shape index (κ3) is 2.79. The third-order valence-electron chi connectivity index (χ3n) is 2.49. The van der Waals surface area contributed by atoms with Gasteiger partial charge in [-0.25, -0.2) is 9.37 Å². The molecule has 0 bridgehead atoms. The van der Waals surface area contributed by atoms with Crippen molar-refractivity contribution in [3.63, 3.8) is 0 Å². The maximum atomic E-state index is 12.9. The minimum atomic E-state index is -0.301. The van der Waals surface area contributed by atoms with Gasteiger partial charge in [-0.15, -0.1) is 11.8 Å². The molecule has 0 fully saturated rings. The molecule has 0 aliphatic carbocycles. The zero-order chi connectivity index (χ0) is 12.3. The van der Waals surface area contributed by atoms with Crippen LogP contribution in [0.5, 0.6) is 0 Å². The van der Waals surface area contributed by atoms with E-state index in [9.17, 15) is 4.39 Å². The predicted octanol–water partition coefficient (Wildman–Crippen LogP) is 2.92. The molecule has 0 aliphatic rings. The average molecular weight is 251 g/mol. The maximum absolute atomic E-state index is 12.9. The van der Waals surface area contributed by atoms with Gasteiger partial charge in [-0.3, -0.25) is 0 Å². The minimum Gasteiger partial charge on any atom is -0.398 e. The smallest absolute Gasteiger partial charge is 0.125 e. The Balaban J connectivity index is 2.07. The molecule has 1 aromatic carbocycles. The number of aromatic nitrogens is 2. The van der Waals surface area contributed by atoms with Crippen molar-refractivity contribution in [1.29, 1.82) is 0 Å². The summed E-state index contributed by atoms with van der Waals surface area (Å²) in [6.45, 7) is 2.97. The molecule has 2 N–H and O–H groups in total. The number of nitrogen functional groups attached to an aromatic ring is 1. The van der Waals surface area contributed by atoms with Gasteiger partial charge in [-0.1, -0.05) is 0 Å². The number of nitrogens with two attached hydrogens (primary N) is 1. The highest BCUT2D eigenvalue weighted by Crippen LogP contribution is 2.28. The number of imidazole rings is 1. The van der Waals surface area contributed by atoms with Crippen LogP contribution in [0.1, 0.15) is 12.6 Å². The Bertz CT molecular complexity index is 510. The third-order valence-corrected chi connectivity index (χ3v) is 3.61. The number of anilines is 1. The second-order valence-electron chi connectivity index (χ2n) is 3.64. The maximum Gasteiger partial charge on any atom is 0.125 e. The first-order chi connectivity index (χ1) is 8.20. The summed E-state index contributed by atoms with van der Waals surface area (Å²) >= 11 is 1.59. The van der Waals surface area contributed by atoms with E-state index in [4.69, 9.17) is 5.73 Å². The molecule has 0 amide bonds. The first kappa shape index (κ1) is 12.0. The molecule has 5 heteroatoms. The Morgan fingerprint density at radius 2 is 2.29 bits per heavy atom. The van der Waals surface area contributed by atoms with Gasteiger partial charge >= 0.3 is 0 Å². The van der Waals surface area contributed by atoms with E-state index in [0.29, 0.717) is 5.69 Å². The molecule has 17 heavy (non-hydrogen) atoms. The van der Waals surface area contributed by atoms with Crippen LogP contribution in [0.4, 0.5) is 10.1 Å². The summed E-state index contributed by atoms with van der Waals surface area (Å²) in [6.07, 6.45) is 3.65. The molecule has 2 rings (SSSR count). The minimum absolute atomic E-state index is 0.301. The Kier molecular flexibility index (Phi) is 3.68. The standard InChI is InChI=1S/C12H14FN3S/c1-2-16-8-15-6-10(16)7-17-12-4-3-9(13)5-11(12)14/h3-6,8H,2,7,14H2,1H3. The van der Waals surface area contributed by atoms with Gasteiger partial charge in [0.25, 0.3) is 0 Å². The second-order valence-corrected chi connectivity index (χ2v) is 4.66. The molecule has 0 saturated carbocycles. The van der Waals surface area contributed by atoms with Crippen molar-refractivity contribution >= 4 is 17.4 Å². The van der Waals surface area contributed by atoms with Gasteiger partial charge in [0.05, 0.1) is 6.33 Å². The zero-order valence-corrected chi connectivity index (χ0v) is 10.4. The monoisotopic (exact) mass is 251 g/mol. The van der Waals surface area contributed by atoms with E-state index in [1.54, 1.807) is 17.8 Å². The number of aryl methyl sites for hydroxylation is 1. The van der Waals surface area contributed by atoms with Crippen LogP contribution >= 0.6 is 11.8 Å². The van der Waals surface area contributed by atoms with Crippen LogP contribution in [-0.4, -0.2) is 9.55 Å². The lowest BCUT2D eigenvalue weighted by atomic mass is 10.3. The topological polar surface area (TPSA) is 43.8 Å². The summed E-state index contributed by atoms with van der Waals surface area (Å²) < 4.78 is 15.0. The van der Waals surface area contributed by atoms with E-state index < -0.39 is 0 Å². The molecule has 0 radical (unpaired) electrons. The number of benzene rings is 1. The van der Waals surface area contributed by atoms with Gasteiger partial charge in [-0.2, -0.15) is 0 Å². The van der Waals surface area contributed by atoms with Crippen molar-refractivity contribution in [3.05, 3.63) is 42.2 Å². The largest absolute Gasteiger partial charge is 0.398 e. The number of hydrogen-bond donors (Lipinski definition) is 1. The normalized spacial score (nSPS) is 10.7. The molecule has 1 heterocycles. The Morgan fingerprint density at radius 3 is 3.00 bits per heavy atom. The van der Waals surface area contributed by atoms with E-state index in [1.807, 2.05) is 12.5 Å². The molecule has 90 valence electrons. The van der Waals surface area contributed by atoms with Crippen LogP contribution in [-0.2, 0) is 12.3 Å². The lowest BCUT2D eigenvalue weighted by Gasteiger charge is -2.07. The van der Waals surface area contributed by atoms with Gasteiger partial charge in [0.15, 0.2) is 0 Å². The lowest BCUT2D eigenvalue weighted by molar-refractivity contribution is 0.627. The predicted molar refractivity (Wildman–Crippen MR) is 68.3 cm³/mol. The number of thioether (sulfide) groups is 1. The van der Waals surface area contributed by atoms with E-state index in [2.05, 4.69) is 16.5 Å². The molecule has 3 nitrogen and oxygen atoms in total. The highest BCUT2D eigenvalue weighted by molar-refractivity contribution is 7.98. The number of halogens is 1. The lowest BCUT2D eigenvalue weighted by Crippen LogP contribution is -1.97. The molecular weight excluding hydrogens is 237 g/mol. The van der Waals surface area contributed by atoms with E-state index in [-0.39, 0.29) is 5.82 Å². The molecule has 0 atom stereocenters. The van der Waals surface area contributed by atoms with Crippen molar-refractivity contribution in [2.75, 3.05) is 5.73 Å². The van der Waals surface area contributed by atoms with Gasteiger partial charge in [0.2, 0.25) is 0 Å². The van der Waals surface area contributed by atoms with E-state index in [1.165, 1.54) is 12.1 Å². The molecule has 1 aromatic heterocycles. The summed E-state index contributed by atoms with van der Waals surface area (Å²) in [4.78, 5) is 5.00. The summed E-state index contributed by atoms with van der Waals surface area (Å²) in [5.74, 6) is 0.481. The fourth-order valence-electron chi connectivity index (χ4n) is 1.56. The van der Waals surface area contributed by atoms with Gasteiger partial charge in [0.1, 0.15) is 5.82 Å². The van der Waals surface area contributed by atoms with Crippen LogP contribution < -0.4 is 5.73 Å². The van der Waals surface area contributed by atoms with Crippen LogP contribution in [0, 0.1) is 5.82 Å². The molecule has 0 unspecified atom stereocenters. The fraction of sp³-hybridized carbons (Fsp3) is 0.250. The zero-order valence-electron chi connectivity index (χ0n) is 9.56. The first-order valence-electron chi connectivity index (χ1n) is 5.37. The van der Waals surface area contributed by atoms with Crippen LogP contribution in [0.2, 0.25) is 0 Å². The Hall–Kier alpha value is -1.49. The number of rotatable bonds is 4. The highest BCUT2D eigenvalue weighted by atomic mass is 32.2. The molecular formula is C12H14FN3S. The van der Waals surface area contributed by atoms with Crippen LogP contribution in [0.15, 0.2) is 35.6 Å².